The number of nitrogens with one attached hydrogen (secondary N) is 3. The highest BCUT2D eigenvalue weighted by Gasteiger charge is 2.43. The van der Waals surface area contributed by atoms with Crippen molar-refractivity contribution in [1.82, 2.24) is 15.5 Å². The maximum Gasteiger partial charge on any atom is 0.251 e. The Morgan fingerprint density at radius 1 is 1.29 bits per heavy atom. The van der Waals surface area contributed by atoms with Crippen LogP contribution in [0.2, 0.25) is 0 Å². The van der Waals surface area contributed by atoms with Crippen molar-refractivity contribution in [1.29, 1.82) is 5.41 Å². The van der Waals surface area contributed by atoms with Crippen LogP contribution in [0.3, 0.4) is 0 Å². The van der Waals surface area contributed by atoms with Crippen LogP contribution in [0, 0.1) is 23.7 Å². The van der Waals surface area contributed by atoms with Gasteiger partial charge < -0.3 is 15.4 Å². The van der Waals surface area contributed by atoms with Crippen molar-refractivity contribution in [2.75, 3.05) is 0 Å². The third-order valence-corrected chi connectivity index (χ3v) is 8.22. The largest absolute Gasteiger partial charge is 0.367 e. The lowest BCUT2D eigenvalue weighted by Gasteiger charge is -2.45. The van der Waals surface area contributed by atoms with Crippen LogP contribution in [-0.4, -0.2) is 46.0 Å². The molecule has 7 heteroatoms. The summed E-state index contributed by atoms with van der Waals surface area (Å²) in [5.41, 5.74) is 0.551. The second kappa shape index (κ2) is 11.2. The van der Waals surface area contributed by atoms with E-state index in [0.717, 1.165) is 18.4 Å². The molecule has 2 aliphatic heterocycles. The van der Waals surface area contributed by atoms with E-state index in [9.17, 15) is 9.59 Å². The van der Waals surface area contributed by atoms with E-state index >= 15 is 0 Å². The monoisotopic (exact) mass is 516 g/mol. The van der Waals surface area contributed by atoms with Crippen LogP contribution < -0.4 is 10.6 Å². The van der Waals surface area contributed by atoms with Crippen molar-refractivity contribution in [2.45, 2.75) is 95.5 Å². The summed E-state index contributed by atoms with van der Waals surface area (Å²) in [6.45, 7) is 8.17. The summed E-state index contributed by atoms with van der Waals surface area (Å²) < 4.78 is 6.23. The summed E-state index contributed by atoms with van der Waals surface area (Å²) in [4.78, 5) is 28.4. The summed E-state index contributed by atoms with van der Waals surface area (Å²) >= 11 is 0. The lowest BCUT2D eigenvalue weighted by molar-refractivity contribution is -0.132. The molecule has 1 aliphatic carbocycles. The number of hydrogen-bond donors (Lipinski definition) is 3. The van der Waals surface area contributed by atoms with Gasteiger partial charge in [0, 0.05) is 29.5 Å². The highest BCUT2D eigenvalue weighted by atomic mass is 16.5. The molecule has 4 unspecified atom stereocenters. The van der Waals surface area contributed by atoms with E-state index in [0.29, 0.717) is 31.2 Å². The zero-order valence-electron chi connectivity index (χ0n) is 22.9. The van der Waals surface area contributed by atoms with Crippen molar-refractivity contribution < 1.29 is 14.3 Å². The first kappa shape index (κ1) is 27.7. The first-order chi connectivity index (χ1) is 18.1. The first-order valence-electron chi connectivity index (χ1n) is 13.7. The Bertz CT molecular complexity index is 1150. The molecule has 1 aromatic rings. The predicted molar refractivity (Wildman–Crippen MR) is 149 cm³/mol. The van der Waals surface area contributed by atoms with Crippen LogP contribution in [0.5, 0.6) is 0 Å². The Hall–Kier alpha value is -3.37. The van der Waals surface area contributed by atoms with E-state index in [1.807, 2.05) is 50.3 Å². The van der Waals surface area contributed by atoms with Crippen LogP contribution in [0.15, 0.2) is 48.6 Å². The topological polar surface area (TPSA) is 94.5 Å². The Balaban J connectivity index is 1.57. The van der Waals surface area contributed by atoms with Crippen molar-refractivity contribution in [3.8, 4) is 12.3 Å². The standard InChI is InChI=1S/C31H40N4O3/c1-6-9-16-25(35-27(36)20-31(7-2,8-3)34-29(35)32)21-13-12-14-22(18-21)28(37)33-24-19-30(4,5)38-26-17-11-10-15-23(24)26/h1,10-15,17-18,23-26H,7-9,16,19-20H2,2-5H3,(H2,32,34)(H,33,37). The van der Waals surface area contributed by atoms with Crippen LogP contribution >= 0.6 is 0 Å². The number of terminal acetylenes is 1. The third-order valence-electron chi connectivity index (χ3n) is 8.22. The molecule has 0 saturated carbocycles. The number of ether oxygens (including phenoxy) is 1. The van der Waals surface area contributed by atoms with Crippen molar-refractivity contribution in [3.05, 3.63) is 59.7 Å². The van der Waals surface area contributed by atoms with E-state index < -0.39 is 11.6 Å². The fourth-order valence-corrected chi connectivity index (χ4v) is 5.98. The van der Waals surface area contributed by atoms with Crippen LogP contribution in [0.1, 0.15) is 88.2 Å². The van der Waals surface area contributed by atoms with Gasteiger partial charge in [-0.1, -0.05) is 50.3 Å². The SMILES string of the molecule is C#CCCC(c1cccc(C(=O)NC2CC(C)(C)OC3C=CC=CC23)c1)N1C(=N)NC(CC)(CC)CC1=O. The van der Waals surface area contributed by atoms with E-state index in [2.05, 4.69) is 36.5 Å². The van der Waals surface area contributed by atoms with Crippen molar-refractivity contribution >= 4 is 17.8 Å². The van der Waals surface area contributed by atoms with Gasteiger partial charge in [-0.05, 0) is 57.2 Å². The fraction of sp³-hybridized carbons (Fsp3) is 0.516. The second-order valence-corrected chi connectivity index (χ2v) is 11.3. The fourth-order valence-electron chi connectivity index (χ4n) is 5.98. The number of carbonyl (C=O) groups is 2. The molecule has 2 amide bonds. The molecule has 2 fully saturated rings. The van der Waals surface area contributed by atoms with Crippen LogP contribution in [0.25, 0.3) is 0 Å². The van der Waals surface area contributed by atoms with Gasteiger partial charge in [-0.25, -0.2) is 0 Å². The molecule has 0 bridgehead atoms. The minimum Gasteiger partial charge on any atom is -0.367 e. The number of amides is 2. The highest BCUT2D eigenvalue weighted by Crippen LogP contribution is 2.36. The lowest BCUT2D eigenvalue weighted by Crippen LogP contribution is -2.62. The van der Waals surface area contributed by atoms with Gasteiger partial charge >= 0.3 is 0 Å². The molecule has 3 aliphatic rings. The highest BCUT2D eigenvalue weighted by molar-refractivity contribution is 6.00. The molecular weight excluding hydrogens is 476 g/mol. The maximum atomic E-state index is 13.5. The molecule has 1 aromatic carbocycles. The summed E-state index contributed by atoms with van der Waals surface area (Å²) in [6, 6.07) is 6.85. The molecule has 0 spiro atoms. The molecule has 7 nitrogen and oxygen atoms in total. The summed E-state index contributed by atoms with van der Waals surface area (Å²) in [5, 5.41) is 15.3. The Labute approximate surface area is 226 Å². The van der Waals surface area contributed by atoms with E-state index in [1.54, 1.807) is 6.07 Å². The number of hydrogen-bond acceptors (Lipinski definition) is 4. The van der Waals surface area contributed by atoms with Crippen molar-refractivity contribution in [3.63, 3.8) is 0 Å². The number of nitrogens with zero attached hydrogens (tertiary/aromatic N) is 1. The minimum atomic E-state index is -0.434. The maximum absolute atomic E-state index is 13.5. The Morgan fingerprint density at radius 2 is 2.03 bits per heavy atom. The first-order valence-corrected chi connectivity index (χ1v) is 13.7. The van der Waals surface area contributed by atoms with Gasteiger partial charge in [0.25, 0.3) is 5.91 Å². The van der Waals surface area contributed by atoms with Crippen LogP contribution in [-0.2, 0) is 9.53 Å². The predicted octanol–water partition coefficient (Wildman–Crippen LogP) is 4.86. The summed E-state index contributed by atoms with van der Waals surface area (Å²) in [6.07, 6.45) is 17.1. The van der Waals surface area contributed by atoms with Gasteiger partial charge in [0.15, 0.2) is 5.96 Å². The number of allylic oxidation sites excluding steroid dienone is 2. The number of rotatable bonds is 8. The smallest absolute Gasteiger partial charge is 0.251 e. The average molecular weight is 517 g/mol. The summed E-state index contributed by atoms with van der Waals surface area (Å²) in [7, 11) is 0. The number of guanidine groups is 1. The molecule has 38 heavy (non-hydrogen) atoms. The minimum absolute atomic E-state index is 0.0680. The molecular formula is C31H40N4O3. The third kappa shape index (κ3) is 5.71. The van der Waals surface area contributed by atoms with Gasteiger partial charge in [-0.2, -0.15) is 0 Å². The van der Waals surface area contributed by atoms with E-state index in [1.165, 1.54) is 4.90 Å². The molecule has 2 saturated heterocycles. The van der Waals surface area contributed by atoms with E-state index in [4.69, 9.17) is 16.6 Å². The van der Waals surface area contributed by atoms with Crippen molar-refractivity contribution in [2.24, 2.45) is 5.92 Å². The number of benzene rings is 1. The molecule has 0 aromatic heterocycles. The quantitative estimate of drug-likeness (QED) is 0.430. The zero-order chi connectivity index (χ0) is 27.5. The molecule has 4 atom stereocenters. The lowest BCUT2D eigenvalue weighted by atomic mass is 9.80. The summed E-state index contributed by atoms with van der Waals surface area (Å²) in [5.74, 6) is 2.57. The Morgan fingerprint density at radius 3 is 2.71 bits per heavy atom. The number of carbonyl (C=O) groups excluding carboxylic acids is 2. The van der Waals surface area contributed by atoms with Gasteiger partial charge in [0.2, 0.25) is 5.91 Å². The van der Waals surface area contributed by atoms with E-state index in [-0.39, 0.29) is 41.4 Å². The normalized spacial score (nSPS) is 26.2. The molecule has 3 N–H and O–H groups in total. The zero-order valence-corrected chi connectivity index (χ0v) is 22.9. The van der Waals surface area contributed by atoms with Gasteiger partial charge in [-0.3, -0.25) is 19.9 Å². The van der Waals surface area contributed by atoms with Gasteiger partial charge in [-0.15, -0.1) is 12.3 Å². The van der Waals surface area contributed by atoms with Gasteiger partial charge in [0.05, 0.1) is 24.2 Å². The molecule has 4 rings (SSSR count). The molecule has 202 valence electrons. The molecule has 0 radical (unpaired) electrons. The second-order valence-electron chi connectivity index (χ2n) is 11.3. The average Bonchev–Trinajstić information content (AvgIpc) is 2.89. The Kier molecular flexibility index (Phi) is 8.13. The van der Waals surface area contributed by atoms with Gasteiger partial charge in [0.1, 0.15) is 0 Å². The molecule has 2 heterocycles. The van der Waals surface area contributed by atoms with Crippen LogP contribution in [0.4, 0.5) is 0 Å². The number of fused-ring (bicyclic) bond motifs is 1.